The maximum Gasteiger partial charge on any atom is 0.247 e. The third-order valence-electron chi connectivity index (χ3n) is 6.96. The first kappa shape index (κ1) is 26.9. The number of alkyl halides is 1. The molecule has 1 saturated heterocycles. The third kappa shape index (κ3) is 6.46. The molecule has 2 heterocycles. The van der Waals surface area contributed by atoms with E-state index in [1.54, 1.807) is 18.2 Å². The van der Waals surface area contributed by atoms with Gasteiger partial charge in [-0.2, -0.15) is 0 Å². The minimum Gasteiger partial charge on any atom is -0.369 e. The number of hydrogen-bond donors (Lipinski definition) is 3. The molecule has 1 amide bonds. The monoisotopic (exact) mass is 539 g/mol. The Kier molecular flexibility index (Phi) is 8.05. The van der Waals surface area contributed by atoms with Crippen LogP contribution < -0.4 is 20.9 Å². The highest BCUT2D eigenvalue weighted by atomic mass is 19.1. The van der Waals surface area contributed by atoms with Crippen LogP contribution in [-0.2, 0) is 4.79 Å². The van der Waals surface area contributed by atoms with Gasteiger partial charge in [0.25, 0.3) is 0 Å². The first-order valence-electron chi connectivity index (χ1n) is 13.2. The summed E-state index contributed by atoms with van der Waals surface area (Å²) >= 11 is 0. The predicted octanol–water partition coefficient (Wildman–Crippen LogP) is 7.68. The molecule has 40 heavy (non-hydrogen) atoms. The van der Waals surface area contributed by atoms with E-state index in [2.05, 4.69) is 27.4 Å². The lowest BCUT2D eigenvalue weighted by atomic mass is 9.97. The highest BCUT2D eigenvalue weighted by Crippen LogP contribution is 2.33. The van der Waals surface area contributed by atoms with E-state index in [4.69, 9.17) is 4.98 Å². The molecule has 1 fully saturated rings. The molecule has 1 aliphatic heterocycles. The largest absolute Gasteiger partial charge is 0.369 e. The lowest BCUT2D eigenvalue weighted by molar-refractivity contribution is -0.111. The van der Waals surface area contributed by atoms with E-state index in [1.807, 2.05) is 61.5 Å². The van der Waals surface area contributed by atoms with Crippen LogP contribution in [0.25, 0.3) is 11.3 Å². The molecule has 1 aliphatic rings. The summed E-state index contributed by atoms with van der Waals surface area (Å²) in [6.45, 7) is 6.71. The minimum atomic E-state index is -0.822. The van der Waals surface area contributed by atoms with Crippen LogP contribution in [0, 0.1) is 11.7 Å². The van der Waals surface area contributed by atoms with Gasteiger partial charge in [0, 0.05) is 41.4 Å². The molecule has 0 aliphatic carbocycles. The van der Waals surface area contributed by atoms with Crippen molar-refractivity contribution in [1.29, 1.82) is 0 Å². The van der Waals surface area contributed by atoms with Crippen LogP contribution in [0.1, 0.15) is 13.3 Å². The molecule has 0 spiro atoms. The Morgan fingerprint density at radius 2 is 1.75 bits per heavy atom. The van der Waals surface area contributed by atoms with Crippen molar-refractivity contribution in [1.82, 2.24) is 4.98 Å². The molecule has 5 rings (SSSR count). The summed E-state index contributed by atoms with van der Waals surface area (Å²) < 4.78 is 28.1. The standard InChI is InChI=1S/C32H31F2N5O/c1-3-31(40)37-25-8-4-6-22(18-25)32-29(35-26-9-5-7-23(33)19-26)14-15-30(38-32)36-24-10-12-27(13-11-24)39-17-16-21(2)28(34)20-39/h3-15,18-19,21,28,35H,1,16-17,20H2,2H3,(H,36,38)(H,37,40). The number of nitrogens with one attached hydrogen (secondary N) is 3. The lowest BCUT2D eigenvalue weighted by Gasteiger charge is -2.34. The zero-order chi connectivity index (χ0) is 28.1. The van der Waals surface area contributed by atoms with Gasteiger partial charge in [0.05, 0.1) is 11.4 Å². The number of benzene rings is 3. The number of carbonyl (C=O) groups is 1. The van der Waals surface area contributed by atoms with E-state index in [9.17, 15) is 13.6 Å². The maximum atomic E-state index is 14.2. The molecule has 0 bridgehead atoms. The van der Waals surface area contributed by atoms with Crippen molar-refractivity contribution in [3.63, 3.8) is 0 Å². The Bertz CT molecular complexity index is 1510. The van der Waals surface area contributed by atoms with E-state index in [0.717, 1.165) is 29.9 Å². The van der Waals surface area contributed by atoms with Crippen LogP contribution in [0.2, 0.25) is 0 Å². The molecule has 204 valence electrons. The summed E-state index contributed by atoms with van der Waals surface area (Å²) in [6, 6.07) is 25.1. The fourth-order valence-electron chi connectivity index (χ4n) is 4.67. The van der Waals surface area contributed by atoms with Crippen molar-refractivity contribution in [3.8, 4) is 11.3 Å². The van der Waals surface area contributed by atoms with Crippen molar-refractivity contribution in [3.05, 3.63) is 103 Å². The Labute approximate surface area is 232 Å². The van der Waals surface area contributed by atoms with Crippen molar-refractivity contribution >= 4 is 40.2 Å². The van der Waals surface area contributed by atoms with Gasteiger partial charge in [-0.1, -0.05) is 31.7 Å². The summed E-state index contributed by atoms with van der Waals surface area (Å²) in [5.74, 6) is 0.0261. The van der Waals surface area contributed by atoms with Crippen LogP contribution in [0.3, 0.4) is 0 Å². The third-order valence-corrected chi connectivity index (χ3v) is 6.96. The summed E-state index contributed by atoms with van der Waals surface area (Å²) in [7, 11) is 0. The minimum absolute atomic E-state index is 0.0924. The van der Waals surface area contributed by atoms with Crippen LogP contribution in [-0.4, -0.2) is 30.2 Å². The van der Waals surface area contributed by atoms with E-state index in [-0.39, 0.29) is 17.6 Å². The van der Waals surface area contributed by atoms with Crippen molar-refractivity contribution in [2.24, 2.45) is 5.92 Å². The highest BCUT2D eigenvalue weighted by Gasteiger charge is 2.25. The molecule has 0 radical (unpaired) electrons. The lowest BCUT2D eigenvalue weighted by Crippen LogP contribution is -2.40. The molecule has 3 N–H and O–H groups in total. The van der Waals surface area contributed by atoms with Gasteiger partial charge in [0.1, 0.15) is 17.8 Å². The zero-order valence-corrected chi connectivity index (χ0v) is 22.2. The maximum absolute atomic E-state index is 14.2. The molecule has 6 nitrogen and oxygen atoms in total. The van der Waals surface area contributed by atoms with Gasteiger partial charge >= 0.3 is 0 Å². The SMILES string of the molecule is C=CC(=O)Nc1cccc(-c2nc(Nc3ccc(N4CCC(C)C(F)C4)cc3)ccc2Nc2cccc(F)c2)c1. The molecular weight excluding hydrogens is 508 g/mol. The summed E-state index contributed by atoms with van der Waals surface area (Å²) in [5.41, 5.74) is 5.02. The van der Waals surface area contributed by atoms with Gasteiger partial charge in [0.15, 0.2) is 0 Å². The number of amides is 1. The van der Waals surface area contributed by atoms with Gasteiger partial charge in [-0.25, -0.2) is 13.8 Å². The number of pyridine rings is 1. The fourth-order valence-corrected chi connectivity index (χ4v) is 4.67. The van der Waals surface area contributed by atoms with Gasteiger partial charge < -0.3 is 20.9 Å². The number of rotatable bonds is 8. The van der Waals surface area contributed by atoms with Gasteiger partial charge in [0.2, 0.25) is 5.91 Å². The van der Waals surface area contributed by atoms with E-state index in [0.29, 0.717) is 35.1 Å². The van der Waals surface area contributed by atoms with Crippen molar-refractivity contribution < 1.29 is 13.6 Å². The Hall–Kier alpha value is -4.72. The summed E-state index contributed by atoms with van der Waals surface area (Å²) in [5, 5.41) is 9.37. The van der Waals surface area contributed by atoms with E-state index < -0.39 is 6.17 Å². The number of anilines is 6. The van der Waals surface area contributed by atoms with E-state index >= 15 is 0 Å². The van der Waals surface area contributed by atoms with E-state index in [1.165, 1.54) is 18.2 Å². The Morgan fingerprint density at radius 1 is 0.975 bits per heavy atom. The molecule has 0 saturated carbocycles. The number of halogens is 2. The summed E-state index contributed by atoms with van der Waals surface area (Å²) in [6.07, 6.45) is 1.22. The second-order valence-electron chi connectivity index (χ2n) is 9.90. The topological polar surface area (TPSA) is 69.3 Å². The second-order valence-corrected chi connectivity index (χ2v) is 9.90. The highest BCUT2D eigenvalue weighted by molar-refractivity contribution is 5.99. The quantitative estimate of drug-likeness (QED) is 0.200. The Balaban J connectivity index is 1.42. The zero-order valence-electron chi connectivity index (χ0n) is 22.2. The number of carbonyl (C=O) groups excluding carboxylic acids is 1. The van der Waals surface area contributed by atoms with Gasteiger partial charge in [-0.15, -0.1) is 0 Å². The molecule has 4 aromatic rings. The van der Waals surface area contributed by atoms with Crippen LogP contribution in [0.4, 0.5) is 43.0 Å². The van der Waals surface area contributed by atoms with Crippen LogP contribution in [0.15, 0.2) is 97.6 Å². The van der Waals surface area contributed by atoms with Gasteiger partial charge in [-0.05, 0) is 85.1 Å². The van der Waals surface area contributed by atoms with Crippen LogP contribution >= 0.6 is 0 Å². The number of piperidine rings is 1. The van der Waals surface area contributed by atoms with Crippen molar-refractivity contribution in [2.75, 3.05) is 33.9 Å². The first-order valence-corrected chi connectivity index (χ1v) is 13.2. The molecule has 1 aromatic heterocycles. The summed E-state index contributed by atoms with van der Waals surface area (Å²) in [4.78, 5) is 18.8. The molecule has 3 aromatic carbocycles. The van der Waals surface area contributed by atoms with Crippen molar-refractivity contribution in [2.45, 2.75) is 19.5 Å². The van der Waals surface area contributed by atoms with Crippen LogP contribution in [0.5, 0.6) is 0 Å². The average Bonchev–Trinajstić information content (AvgIpc) is 2.96. The Morgan fingerprint density at radius 3 is 2.50 bits per heavy atom. The normalized spacial score (nSPS) is 16.7. The molecule has 2 unspecified atom stereocenters. The smallest absolute Gasteiger partial charge is 0.247 e. The predicted molar refractivity (Wildman–Crippen MR) is 159 cm³/mol. The number of hydrogen-bond acceptors (Lipinski definition) is 5. The fraction of sp³-hybridized carbons (Fsp3) is 0.188. The van der Waals surface area contributed by atoms with Gasteiger partial charge in [-0.3, -0.25) is 4.79 Å². The average molecular weight is 540 g/mol. The molecule has 2 atom stereocenters. The first-order chi connectivity index (χ1) is 19.4. The molecular formula is C32H31F2N5O. The molecule has 8 heteroatoms. The second kappa shape index (κ2) is 12.0. The number of aromatic nitrogens is 1. The number of nitrogens with zero attached hydrogens (tertiary/aromatic N) is 2.